The third-order valence-corrected chi connectivity index (χ3v) is 3.41. The van der Waals surface area contributed by atoms with Crippen molar-refractivity contribution in [3.63, 3.8) is 0 Å². The molecule has 0 amide bonds. The smallest absolute Gasteiger partial charge is 0.135 e. The lowest BCUT2D eigenvalue weighted by molar-refractivity contribution is 0.544. The highest BCUT2D eigenvalue weighted by Crippen LogP contribution is 2.39. The summed E-state index contributed by atoms with van der Waals surface area (Å²) in [7, 11) is 0. The van der Waals surface area contributed by atoms with Gasteiger partial charge in [-0.15, -0.1) is 0 Å². The van der Waals surface area contributed by atoms with Crippen LogP contribution >= 0.6 is 15.9 Å². The zero-order chi connectivity index (χ0) is 11.8. The van der Waals surface area contributed by atoms with Crippen LogP contribution in [0.2, 0.25) is 0 Å². The van der Waals surface area contributed by atoms with Crippen molar-refractivity contribution in [3.8, 4) is 0 Å². The standard InChI is InChI=1S/C12H18BrN3/c1-4-12(2,3)16-10-7-9(13)14-11(15-10)8-5-6-8/h7-8H,4-6H2,1-3H3,(H,14,15,16). The summed E-state index contributed by atoms with van der Waals surface area (Å²) in [5.41, 5.74) is 0.0780. The fraction of sp³-hybridized carbons (Fsp3) is 0.667. The maximum atomic E-state index is 4.58. The molecule has 0 aromatic carbocycles. The number of halogens is 1. The second-order valence-corrected chi connectivity index (χ2v) is 5.88. The minimum atomic E-state index is 0.0780. The maximum Gasteiger partial charge on any atom is 0.135 e. The van der Waals surface area contributed by atoms with Crippen LogP contribution in [0.3, 0.4) is 0 Å². The Bertz CT molecular complexity index is 386. The zero-order valence-corrected chi connectivity index (χ0v) is 11.6. The molecule has 1 saturated carbocycles. The van der Waals surface area contributed by atoms with E-state index in [2.05, 4.69) is 52.0 Å². The molecule has 2 rings (SSSR count). The molecule has 1 aliphatic rings. The van der Waals surface area contributed by atoms with E-state index in [1.807, 2.05) is 6.07 Å². The van der Waals surface area contributed by atoms with Crippen molar-refractivity contribution in [1.29, 1.82) is 0 Å². The van der Waals surface area contributed by atoms with Crippen molar-refractivity contribution in [2.45, 2.75) is 51.5 Å². The van der Waals surface area contributed by atoms with Gasteiger partial charge in [0.05, 0.1) is 0 Å². The Kier molecular flexibility index (Phi) is 3.19. The molecule has 1 aromatic rings. The molecule has 0 atom stereocenters. The highest BCUT2D eigenvalue weighted by molar-refractivity contribution is 9.10. The molecule has 0 bridgehead atoms. The molecule has 0 aliphatic heterocycles. The molecule has 1 N–H and O–H groups in total. The van der Waals surface area contributed by atoms with Crippen LogP contribution in [-0.2, 0) is 0 Å². The molecule has 1 fully saturated rings. The quantitative estimate of drug-likeness (QED) is 0.856. The van der Waals surface area contributed by atoms with Gasteiger partial charge in [-0.2, -0.15) is 0 Å². The van der Waals surface area contributed by atoms with Crippen LogP contribution in [0.5, 0.6) is 0 Å². The van der Waals surface area contributed by atoms with Gasteiger partial charge in [-0.25, -0.2) is 9.97 Å². The molecule has 3 nitrogen and oxygen atoms in total. The van der Waals surface area contributed by atoms with Crippen LogP contribution in [0.1, 0.15) is 51.8 Å². The number of aromatic nitrogens is 2. The predicted molar refractivity (Wildman–Crippen MR) is 69.7 cm³/mol. The normalized spacial score (nSPS) is 16.2. The van der Waals surface area contributed by atoms with Crippen molar-refractivity contribution in [1.82, 2.24) is 9.97 Å². The van der Waals surface area contributed by atoms with Crippen LogP contribution in [-0.4, -0.2) is 15.5 Å². The van der Waals surface area contributed by atoms with Gasteiger partial charge >= 0.3 is 0 Å². The molecule has 1 aliphatic carbocycles. The highest BCUT2D eigenvalue weighted by Gasteiger charge is 2.27. The van der Waals surface area contributed by atoms with Gasteiger partial charge in [0.2, 0.25) is 0 Å². The molecule has 0 unspecified atom stereocenters. The first-order valence-electron chi connectivity index (χ1n) is 5.83. The molecular formula is C12H18BrN3. The first kappa shape index (κ1) is 11.8. The van der Waals surface area contributed by atoms with Gasteiger partial charge in [-0.1, -0.05) is 6.92 Å². The van der Waals surface area contributed by atoms with Crippen molar-refractivity contribution in [2.75, 3.05) is 5.32 Å². The Morgan fingerprint density at radius 3 is 2.69 bits per heavy atom. The van der Waals surface area contributed by atoms with E-state index in [0.29, 0.717) is 5.92 Å². The molecule has 4 heteroatoms. The first-order chi connectivity index (χ1) is 7.50. The predicted octanol–water partition coefficient (Wildman–Crippen LogP) is 3.72. The molecule has 0 radical (unpaired) electrons. The Hall–Kier alpha value is -0.640. The fourth-order valence-corrected chi connectivity index (χ4v) is 1.86. The first-order valence-corrected chi connectivity index (χ1v) is 6.62. The summed E-state index contributed by atoms with van der Waals surface area (Å²) >= 11 is 3.45. The summed E-state index contributed by atoms with van der Waals surface area (Å²) in [5, 5.41) is 3.45. The topological polar surface area (TPSA) is 37.8 Å². The summed E-state index contributed by atoms with van der Waals surface area (Å²) in [6.45, 7) is 6.53. The minimum Gasteiger partial charge on any atom is -0.365 e. The van der Waals surface area contributed by atoms with E-state index in [9.17, 15) is 0 Å². The van der Waals surface area contributed by atoms with Crippen LogP contribution in [0, 0.1) is 0 Å². The monoisotopic (exact) mass is 283 g/mol. The summed E-state index contributed by atoms with van der Waals surface area (Å²) in [5.74, 6) is 2.49. The lowest BCUT2D eigenvalue weighted by Gasteiger charge is -2.25. The van der Waals surface area contributed by atoms with Crippen LogP contribution in [0.15, 0.2) is 10.7 Å². The summed E-state index contributed by atoms with van der Waals surface area (Å²) < 4.78 is 0.874. The van der Waals surface area contributed by atoms with E-state index in [4.69, 9.17) is 0 Å². The Morgan fingerprint density at radius 2 is 2.12 bits per heavy atom. The molecule has 0 spiro atoms. The van der Waals surface area contributed by atoms with Gasteiger partial charge in [0, 0.05) is 17.5 Å². The molecule has 88 valence electrons. The molecular weight excluding hydrogens is 266 g/mol. The second-order valence-electron chi connectivity index (χ2n) is 5.07. The van der Waals surface area contributed by atoms with E-state index in [1.165, 1.54) is 12.8 Å². The number of hydrogen-bond donors (Lipinski definition) is 1. The lowest BCUT2D eigenvalue weighted by atomic mass is 10.0. The number of nitrogens with one attached hydrogen (secondary N) is 1. The van der Waals surface area contributed by atoms with Gasteiger partial charge in [0.1, 0.15) is 16.2 Å². The summed E-state index contributed by atoms with van der Waals surface area (Å²) in [6.07, 6.45) is 3.52. The third-order valence-electron chi connectivity index (χ3n) is 3.01. The van der Waals surface area contributed by atoms with E-state index in [-0.39, 0.29) is 5.54 Å². The minimum absolute atomic E-state index is 0.0780. The van der Waals surface area contributed by atoms with Crippen molar-refractivity contribution < 1.29 is 0 Å². The van der Waals surface area contributed by atoms with Crippen LogP contribution in [0.25, 0.3) is 0 Å². The SMILES string of the molecule is CCC(C)(C)Nc1cc(Br)nc(C2CC2)n1. The summed E-state index contributed by atoms with van der Waals surface area (Å²) in [6, 6.07) is 1.95. The van der Waals surface area contributed by atoms with Gasteiger partial charge in [0.25, 0.3) is 0 Å². The number of rotatable bonds is 4. The van der Waals surface area contributed by atoms with Gasteiger partial charge in [-0.05, 0) is 49.0 Å². The Morgan fingerprint density at radius 1 is 1.44 bits per heavy atom. The van der Waals surface area contributed by atoms with E-state index < -0.39 is 0 Å². The van der Waals surface area contributed by atoms with E-state index in [1.54, 1.807) is 0 Å². The van der Waals surface area contributed by atoms with Crippen molar-refractivity contribution in [3.05, 3.63) is 16.5 Å². The maximum absolute atomic E-state index is 4.58. The molecule has 1 heterocycles. The summed E-state index contributed by atoms with van der Waals surface area (Å²) in [4.78, 5) is 8.99. The van der Waals surface area contributed by atoms with Crippen LogP contribution < -0.4 is 5.32 Å². The average Bonchev–Trinajstić information content (AvgIpc) is 2.99. The second kappa shape index (κ2) is 4.32. The Labute approximate surface area is 105 Å². The third kappa shape index (κ3) is 2.94. The van der Waals surface area contributed by atoms with E-state index >= 15 is 0 Å². The highest BCUT2D eigenvalue weighted by atomic mass is 79.9. The molecule has 1 aromatic heterocycles. The van der Waals surface area contributed by atoms with Crippen LogP contribution in [0.4, 0.5) is 5.82 Å². The fourth-order valence-electron chi connectivity index (χ4n) is 1.46. The number of hydrogen-bond acceptors (Lipinski definition) is 3. The lowest BCUT2D eigenvalue weighted by Crippen LogP contribution is -2.30. The Balaban J connectivity index is 2.20. The van der Waals surface area contributed by atoms with Crippen molar-refractivity contribution >= 4 is 21.7 Å². The number of anilines is 1. The van der Waals surface area contributed by atoms with E-state index in [0.717, 1.165) is 22.7 Å². The van der Waals surface area contributed by atoms with Crippen molar-refractivity contribution in [2.24, 2.45) is 0 Å². The van der Waals surface area contributed by atoms with Gasteiger partial charge < -0.3 is 5.32 Å². The average molecular weight is 284 g/mol. The van der Waals surface area contributed by atoms with Gasteiger partial charge in [0.15, 0.2) is 0 Å². The number of nitrogens with zero attached hydrogens (tertiary/aromatic N) is 2. The molecule has 0 saturated heterocycles. The largest absolute Gasteiger partial charge is 0.365 e. The zero-order valence-electron chi connectivity index (χ0n) is 10.0. The molecule has 16 heavy (non-hydrogen) atoms. The van der Waals surface area contributed by atoms with Gasteiger partial charge in [-0.3, -0.25) is 0 Å².